The summed E-state index contributed by atoms with van der Waals surface area (Å²) in [6, 6.07) is 18.6. The van der Waals surface area contributed by atoms with E-state index in [0.717, 1.165) is 29.5 Å². The van der Waals surface area contributed by atoms with Crippen LogP contribution in [0.4, 0.5) is 0 Å². The summed E-state index contributed by atoms with van der Waals surface area (Å²) >= 11 is 0. The number of aliphatic imine (C=N–C) groups is 2. The van der Waals surface area contributed by atoms with E-state index in [2.05, 4.69) is 41.5 Å². The predicted octanol–water partition coefficient (Wildman–Crippen LogP) is 1.65. The molecule has 1 N–H and O–H groups in total. The molecule has 2 aliphatic heterocycles. The molecular weight excluding hydrogens is 406 g/mol. The van der Waals surface area contributed by atoms with Gasteiger partial charge in [-0.05, 0) is 36.1 Å². The van der Waals surface area contributed by atoms with Crippen LogP contribution in [0.1, 0.15) is 49.7 Å². The second-order valence-corrected chi connectivity index (χ2v) is 8.34. The molecule has 0 saturated heterocycles. The van der Waals surface area contributed by atoms with Crippen molar-refractivity contribution in [1.82, 2.24) is 0 Å². The lowest BCUT2D eigenvalue weighted by atomic mass is 9.86. The zero-order valence-electron chi connectivity index (χ0n) is 17.6. The number of nitrogens with one attached hydrogen (secondary N) is 1. The van der Waals surface area contributed by atoms with Gasteiger partial charge in [0.15, 0.2) is 5.70 Å². The first-order valence-corrected chi connectivity index (χ1v) is 11.0. The van der Waals surface area contributed by atoms with Crippen LogP contribution in [0.5, 0.6) is 5.75 Å². The molecule has 0 spiro atoms. The van der Waals surface area contributed by atoms with Crippen molar-refractivity contribution in [3.8, 4) is 5.75 Å². The van der Waals surface area contributed by atoms with Gasteiger partial charge in [0.1, 0.15) is 24.3 Å². The highest BCUT2D eigenvalue weighted by molar-refractivity contribution is 5.98. The predicted molar refractivity (Wildman–Crippen MR) is 121 cm³/mol. The van der Waals surface area contributed by atoms with Gasteiger partial charge in [0.25, 0.3) is 0 Å². The van der Waals surface area contributed by atoms with E-state index in [-0.39, 0.29) is 12.4 Å². The zero-order chi connectivity index (χ0) is 20.2. The van der Waals surface area contributed by atoms with Gasteiger partial charge in [-0.3, -0.25) is 4.99 Å². The van der Waals surface area contributed by atoms with Crippen LogP contribution in [0.2, 0.25) is 0 Å². The maximum atomic E-state index is 6.05. The zero-order valence-corrected chi connectivity index (χ0v) is 18.4. The molecule has 0 bridgehead atoms. The second-order valence-electron chi connectivity index (χ2n) is 8.34. The van der Waals surface area contributed by atoms with E-state index >= 15 is 0 Å². The van der Waals surface area contributed by atoms with E-state index < -0.39 is 0 Å². The Morgan fingerprint density at radius 3 is 2.65 bits per heavy atom. The Bertz CT molecular complexity index is 1020. The van der Waals surface area contributed by atoms with Crippen molar-refractivity contribution < 1.29 is 22.0 Å². The maximum absolute atomic E-state index is 6.05. The van der Waals surface area contributed by atoms with Crippen molar-refractivity contribution in [2.24, 2.45) is 15.9 Å². The third-order valence-electron chi connectivity index (χ3n) is 6.20. The average molecular weight is 434 g/mol. The minimum absolute atomic E-state index is 0. The molecule has 0 radical (unpaired) electrons. The Kier molecular flexibility index (Phi) is 7.00. The molecule has 2 heterocycles. The molecule has 2 aromatic carbocycles. The highest BCUT2D eigenvalue weighted by atomic mass is 35.5. The van der Waals surface area contributed by atoms with E-state index in [9.17, 15) is 0 Å². The standard InChI is InChI=1S/C26H27N3O.ClH/c1-3-8-20(9-4-1)16-24-25-18-27-14-15-29(25)26(28-24)22-12-7-13-23(17-22)30-19-21-10-5-2-6-11-21;/h2,5-7,10-15,17-18,20H,1,3-4,8-9,16,19H2;1H. The molecule has 1 saturated carbocycles. The van der Waals surface area contributed by atoms with Gasteiger partial charge >= 0.3 is 0 Å². The van der Waals surface area contributed by atoms with Crippen LogP contribution in [-0.2, 0) is 6.61 Å². The lowest BCUT2D eigenvalue weighted by Crippen LogP contribution is -3.08. The molecule has 1 aliphatic carbocycles. The van der Waals surface area contributed by atoms with E-state index in [1.54, 1.807) is 0 Å². The molecule has 1 unspecified atom stereocenters. The number of amidine groups is 1. The fourth-order valence-corrected chi connectivity index (χ4v) is 4.60. The molecule has 4 nitrogen and oxygen atoms in total. The number of allylic oxidation sites excluding steroid dienone is 2. The van der Waals surface area contributed by atoms with Crippen LogP contribution >= 0.6 is 0 Å². The fraction of sp³-hybridized carbons (Fsp3) is 0.308. The van der Waals surface area contributed by atoms with Gasteiger partial charge in [0.2, 0.25) is 5.84 Å². The minimum Gasteiger partial charge on any atom is -1.00 e. The van der Waals surface area contributed by atoms with Crippen molar-refractivity contribution >= 4 is 12.1 Å². The largest absolute Gasteiger partial charge is 1.00 e. The molecule has 0 aromatic heterocycles. The number of quaternary nitrogens is 1. The Hall–Kier alpha value is -2.69. The van der Waals surface area contributed by atoms with E-state index in [0.29, 0.717) is 6.61 Å². The first-order valence-electron chi connectivity index (χ1n) is 11.0. The summed E-state index contributed by atoms with van der Waals surface area (Å²) in [5.41, 5.74) is 4.68. The van der Waals surface area contributed by atoms with E-state index in [1.165, 1.54) is 54.0 Å². The normalized spacial score (nSPS) is 20.3. The summed E-state index contributed by atoms with van der Waals surface area (Å²) in [6.07, 6.45) is 13.8. The first kappa shape index (κ1) is 21.5. The molecule has 1 fully saturated rings. The minimum atomic E-state index is 0. The molecular formula is C26H28ClN3O. The molecule has 160 valence electrons. The van der Waals surface area contributed by atoms with E-state index in [1.807, 2.05) is 36.7 Å². The summed E-state index contributed by atoms with van der Waals surface area (Å²) in [5, 5.41) is 0. The monoisotopic (exact) mass is 433 g/mol. The van der Waals surface area contributed by atoms with Crippen LogP contribution in [0, 0.1) is 5.92 Å². The molecule has 5 rings (SSSR count). The van der Waals surface area contributed by atoms with Crippen LogP contribution in [0.15, 0.2) is 88.4 Å². The highest BCUT2D eigenvalue weighted by Crippen LogP contribution is 2.31. The van der Waals surface area contributed by atoms with Crippen LogP contribution in [0.3, 0.4) is 0 Å². The Labute approximate surface area is 190 Å². The number of benzene rings is 2. The van der Waals surface area contributed by atoms with E-state index in [4.69, 9.17) is 9.73 Å². The highest BCUT2D eigenvalue weighted by Gasteiger charge is 2.34. The van der Waals surface area contributed by atoms with Gasteiger partial charge in [-0.15, -0.1) is 0 Å². The number of rotatable bonds is 6. The summed E-state index contributed by atoms with van der Waals surface area (Å²) in [5.74, 6) is 2.67. The first-order chi connectivity index (χ1) is 14.9. The smallest absolute Gasteiger partial charge is 0.243 e. The SMILES string of the molecule is C1=C[NH+]2C(c3cccc(OCc4ccccc4)c3)=NC(CC3CCCCC3)=C2C=N1.[Cl-]. The fourth-order valence-electron chi connectivity index (χ4n) is 4.60. The number of ether oxygens (including phenoxy) is 1. The van der Waals surface area contributed by atoms with Gasteiger partial charge in [0, 0.05) is 0 Å². The van der Waals surface area contributed by atoms with Crippen molar-refractivity contribution in [2.75, 3.05) is 0 Å². The third-order valence-corrected chi connectivity index (χ3v) is 6.20. The summed E-state index contributed by atoms with van der Waals surface area (Å²) in [6.45, 7) is 0.566. The number of nitrogens with zero attached hydrogens (tertiary/aromatic N) is 2. The summed E-state index contributed by atoms with van der Waals surface area (Å²) in [4.78, 5) is 10.7. The summed E-state index contributed by atoms with van der Waals surface area (Å²) < 4.78 is 6.05. The van der Waals surface area contributed by atoms with Gasteiger partial charge in [-0.2, -0.15) is 4.99 Å². The van der Waals surface area contributed by atoms with Crippen LogP contribution < -0.4 is 22.0 Å². The Morgan fingerprint density at radius 1 is 0.968 bits per heavy atom. The van der Waals surface area contributed by atoms with Gasteiger partial charge in [-0.1, -0.05) is 68.5 Å². The topological polar surface area (TPSA) is 38.4 Å². The third kappa shape index (κ3) is 4.97. The number of hydrogen-bond donors (Lipinski definition) is 1. The molecule has 1 atom stereocenters. The lowest BCUT2D eigenvalue weighted by molar-refractivity contribution is -0.689. The quantitative estimate of drug-likeness (QED) is 0.739. The molecule has 2 aromatic rings. The maximum Gasteiger partial charge on any atom is 0.243 e. The van der Waals surface area contributed by atoms with Gasteiger partial charge in [-0.25, -0.2) is 4.90 Å². The van der Waals surface area contributed by atoms with Gasteiger partial charge < -0.3 is 17.1 Å². The molecule has 31 heavy (non-hydrogen) atoms. The van der Waals surface area contributed by atoms with Crippen molar-refractivity contribution in [2.45, 2.75) is 45.1 Å². The van der Waals surface area contributed by atoms with Gasteiger partial charge in [0.05, 0.1) is 18.0 Å². The van der Waals surface area contributed by atoms with Crippen LogP contribution in [0.25, 0.3) is 0 Å². The Balaban J connectivity index is 0.00000231. The molecule has 3 aliphatic rings. The van der Waals surface area contributed by atoms with Crippen molar-refractivity contribution in [3.05, 3.63) is 89.5 Å². The van der Waals surface area contributed by atoms with Crippen LogP contribution in [-0.4, -0.2) is 12.1 Å². The van der Waals surface area contributed by atoms with Crippen molar-refractivity contribution in [1.29, 1.82) is 0 Å². The molecule has 5 heteroatoms. The number of fused-ring (bicyclic) bond motifs is 1. The molecule has 0 amide bonds. The average Bonchev–Trinajstić information content (AvgIpc) is 3.18. The van der Waals surface area contributed by atoms with Crippen molar-refractivity contribution in [3.63, 3.8) is 0 Å². The summed E-state index contributed by atoms with van der Waals surface area (Å²) in [7, 11) is 0. The second kappa shape index (κ2) is 10.1. The number of hydrogen-bond acceptors (Lipinski definition) is 3. The lowest BCUT2D eigenvalue weighted by Gasteiger charge is -2.20. The Morgan fingerprint density at radius 2 is 1.81 bits per heavy atom. The number of halogens is 1.